The van der Waals surface area contributed by atoms with Gasteiger partial charge in [-0.25, -0.2) is 0 Å². The molecule has 0 aliphatic rings. The molecule has 2 aromatic carbocycles. The monoisotopic (exact) mass is 293 g/mol. The molecule has 0 unspecified atom stereocenters. The van der Waals surface area contributed by atoms with Gasteiger partial charge < -0.3 is 5.73 Å². The number of ketones is 1. The molecule has 0 amide bonds. The molecule has 0 radical (unpaired) electrons. The van der Waals surface area contributed by atoms with E-state index in [0.717, 1.165) is 10.1 Å². The van der Waals surface area contributed by atoms with Crippen LogP contribution in [0.3, 0.4) is 0 Å². The lowest BCUT2D eigenvalue weighted by Crippen LogP contribution is -2.02. The Labute approximate surface area is 127 Å². The molecule has 0 aliphatic heterocycles. The Bertz CT molecular complexity index is 861. The molecule has 3 aromatic rings. The molecule has 0 atom stereocenters. The molecular weight excluding hydrogens is 278 g/mol. The second-order valence-corrected chi connectivity index (χ2v) is 6.13. The lowest BCUT2D eigenvalue weighted by Gasteiger charge is -2.06. The minimum absolute atomic E-state index is 0.0632. The third-order valence-corrected chi connectivity index (χ3v) is 4.57. The van der Waals surface area contributed by atoms with E-state index in [0.29, 0.717) is 21.7 Å². The molecule has 0 aliphatic carbocycles. The molecular formula is C18H15NOS. The largest absolute Gasteiger partial charge is 0.398 e. The van der Waals surface area contributed by atoms with Gasteiger partial charge in [-0.3, -0.25) is 4.79 Å². The molecule has 1 heterocycles. The van der Waals surface area contributed by atoms with E-state index in [1.807, 2.05) is 37.3 Å². The van der Waals surface area contributed by atoms with Crippen LogP contribution in [0, 0.1) is 6.92 Å². The average Bonchev–Trinajstić information content (AvgIpc) is 2.89. The van der Waals surface area contributed by atoms with Gasteiger partial charge in [-0.05, 0) is 30.5 Å². The van der Waals surface area contributed by atoms with Gasteiger partial charge in [-0.15, -0.1) is 11.3 Å². The van der Waals surface area contributed by atoms with Crippen molar-refractivity contribution < 1.29 is 4.79 Å². The summed E-state index contributed by atoms with van der Waals surface area (Å²) in [6.45, 7) is 5.97. The van der Waals surface area contributed by atoms with Crippen LogP contribution in [-0.4, -0.2) is 5.78 Å². The fourth-order valence-electron chi connectivity index (χ4n) is 2.32. The van der Waals surface area contributed by atoms with E-state index in [4.69, 9.17) is 5.73 Å². The van der Waals surface area contributed by atoms with Crippen molar-refractivity contribution in [1.82, 2.24) is 0 Å². The van der Waals surface area contributed by atoms with E-state index in [-0.39, 0.29) is 5.78 Å². The van der Waals surface area contributed by atoms with Crippen LogP contribution >= 0.6 is 11.3 Å². The fraction of sp³-hybridized carbons (Fsp3) is 0.0556. The summed E-state index contributed by atoms with van der Waals surface area (Å²) in [4.78, 5) is 13.3. The normalized spacial score (nSPS) is 10.7. The maximum Gasteiger partial charge on any atom is 0.203 e. The number of carbonyl (C=O) groups excluding carboxylic acids is 1. The van der Waals surface area contributed by atoms with Crippen LogP contribution < -0.4 is 5.73 Å². The molecule has 3 heteroatoms. The van der Waals surface area contributed by atoms with Crippen LogP contribution in [-0.2, 0) is 0 Å². The number of thiophene rings is 1. The zero-order valence-electron chi connectivity index (χ0n) is 11.7. The van der Waals surface area contributed by atoms with E-state index in [1.54, 1.807) is 6.07 Å². The Kier molecular flexibility index (Phi) is 3.35. The zero-order chi connectivity index (χ0) is 15.0. The second-order valence-electron chi connectivity index (χ2n) is 5.05. The molecule has 21 heavy (non-hydrogen) atoms. The minimum Gasteiger partial charge on any atom is -0.398 e. The summed E-state index contributed by atoms with van der Waals surface area (Å²) in [5.74, 6) is -0.0632. The van der Waals surface area contributed by atoms with Gasteiger partial charge in [0, 0.05) is 21.5 Å². The summed E-state index contributed by atoms with van der Waals surface area (Å²) >= 11 is 1.49. The number of hydrogen-bond acceptors (Lipinski definition) is 3. The van der Waals surface area contributed by atoms with Crippen LogP contribution in [0.15, 0.2) is 55.1 Å². The molecule has 2 nitrogen and oxygen atoms in total. The Morgan fingerprint density at radius 1 is 1.14 bits per heavy atom. The van der Waals surface area contributed by atoms with Crippen molar-refractivity contribution in [3.63, 3.8) is 0 Å². The van der Waals surface area contributed by atoms with Crippen LogP contribution in [0.2, 0.25) is 0 Å². The summed E-state index contributed by atoms with van der Waals surface area (Å²) in [7, 11) is 0. The van der Waals surface area contributed by atoms with E-state index in [1.165, 1.54) is 16.9 Å². The molecule has 0 bridgehead atoms. The predicted octanol–water partition coefficient (Wildman–Crippen LogP) is 4.69. The molecule has 3 rings (SSSR count). The maximum atomic E-state index is 12.6. The minimum atomic E-state index is -0.0632. The van der Waals surface area contributed by atoms with Crippen molar-refractivity contribution in [2.75, 3.05) is 5.73 Å². The standard InChI is InChI=1S/C18H15NOS/c1-11-7-8-16-13(9-11)10-17(21-16)18(20)12(2)14-5-3-4-6-15(14)19/h3-10H,2,19H2,1H3. The number of Topliss-reactive ketones (excluding diaryl/α,β-unsaturated/α-hetero) is 1. The first-order valence-corrected chi connectivity index (χ1v) is 7.46. The number of rotatable bonds is 3. The highest BCUT2D eigenvalue weighted by Gasteiger charge is 2.16. The molecule has 0 saturated heterocycles. The van der Waals surface area contributed by atoms with Gasteiger partial charge in [0.25, 0.3) is 0 Å². The highest BCUT2D eigenvalue weighted by Crippen LogP contribution is 2.31. The van der Waals surface area contributed by atoms with Gasteiger partial charge in [-0.2, -0.15) is 0 Å². The summed E-state index contributed by atoms with van der Waals surface area (Å²) < 4.78 is 1.11. The van der Waals surface area contributed by atoms with Gasteiger partial charge in [0.2, 0.25) is 5.78 Å². The quantitative estimate of drug-likeness (QED) is 0.432. The third-order valence-electron chi connectivity index (χ3n) is 3.46. The van der Waals surface area contributed by atoms with E-state index >= 15 is 0 Å². The number of nitrogen functional groups attached to an aromatic ring is 1. The molecule has 1 aromatic heterocycles. The number of aryl methyl sites for hydroxylation is 1. The van der Waals surface area contributed by atoms with Gasteiger partial charge in [0.15, 0.2) is 0 Å². The number of hydrogen-bond donors (Lipinski definition) is 1. The summed E-state index contributed by atoms with van der Waals surface area (Å²) in [6.07, 6.45) is 0. The smallest absolute Gasteiger partial charge is 0.203 e. The number of allylic oxidation sites excluding steroid dienone is 1. The predicted molar refractivity (Wildman–Crippen MR) is 90.8 cm³/mol. The van der Waals surface area contributed by atoms with Gasteiger partial charge in [-0.1, -0.05) is 42.5 Å². The number of benzene rings is 2. The van der Waals surface area contributed by atoms with Gasteiger partial charge >= 0.3 is 0 Å². The molecule has 0 saturated carbocycles. The van der Waals surface area contributed by atoms with Crippen LogP contribution in [0.1, 0.15) is 20.8 Å². The fourth-order valence-corrected chi connectivity index (χ4v) is 3.33. The van der Waals surface area contributed by atoms with Gasteiger partial charge in [0.1, 0.15) is 0 Å². The van der Waals surface area contributed by atoms with E-state index in [2.05, 4.69) is 18.7 Å². The number of anilines is 1. The van der Waals surface area contributed by atoms with Crippen LogP contribution in [0.5, 0.6) is 0 Å². The SMILES string of the molecule is C=C(C(=O)c1cc2cc(C)ccc2s1)c1ccccc1N. The van der Waals surface area contributed by atoms with E-state index in [9.17, 15) is 4.79 Å². The summed E-state index contributed by atoms with van der Waals surface area (Å²) in [5.41, 5.74) is 8.83. The van der Waals surface area contributed by atoms with Crippen molar-refractivity contribution in [1.29, 1.82) is 0 Å². The highest BCUT2D eigenvalue weighted by atomic mass is 32.1. The second kappa shape index (κ2) is 5.19. The first kappa shape index (κ1) is 13.6. The van der Waals surface area contributed by atoms with E-state index < -0.39 is 0 Å². The summed E-state index contributed by atoms with van der Waals surface area (Å²) in [6, 6.07) is 15.4. The Morgan fingerprint density at radius 2 is 1.90 bits per heavy atom. The van der Waals surface area contributed by atoms with Crippen molar-refractivity contribution in [3.8, 4) is 0 Å². The number of carbonyl (C=O) groups is 1. The Balaban J connectivity index is 2.00. The van der Waals surface area contributed by atoms with Crippen LogP contribution in [0.4, 0.5) is 5.69 Å². The topological polar surface area (TPSA) is 43.1 Å². The first-order valence-electron chi connectivity index (χ1n) is 6.65. The lowest BCUT2D eigenvalue weighted by atomic mass is 10.0. The van der Waals surface area contributed by atoms with Crippen molar-refractivity contribution >= 4 is 38.5 Å². The number of fused-ring (bicyclic) bond motifs is 1. The summed E-state index contributed by atoms with van der Waals surface area (Å²) in [5, 5.41) is 1.09. The van der Waals surface area contributed by atoms with Crippen molar-refractivity contribution in [2.45, 2.75) is 6.92 Å². The molecule has 2 N–H and O–H groups in total. The number of nitrogens with two attached hydrogens (primary N) is 1. The first-order chi connectivity index (χ1) is 10.1. The van der Waals surface area contributed by atoms with Gasteiger partial charge in [0.05, 0.1) is 4.88 Å². The average molecular weight is 293 g/mol. The number of para-hydroxylation sites is 1. The van der Waals surface area contributed by atoms with Crippen LogP contribution in [0.25, 0.3) is 15.7 Å². The third kappa shape index (κ3) is 2.48. The van der Waals surface area contributed by atoms with Crippen molar-refractivity contribution in [2.24, 2.45) is 0 Å². The zero-order valence-corrected chi connectivity index (χ0v) is 12.5. The Hall–Kier alpha value is -2.39. The highest BCUT2D eigenvalue weighted by molar-refractivity contribution is 7.21. The molecule has 0 spiro atoms. The molecule has 104 valence electrons. The molecule has 0 fully saturated rings. The Morgan fingerprint density at radius 3 is 2.67 bits per heavy atom. The van der Waals surface area contributed by atoms with Crippen molar-refractivity contribution in [3.05, 3.63) is 71.1 Å². The lowest BCUT2D eigenvalue weighted by molar-refractivity contribution is 0.106. The maximum absolute atomic E-state index is 12.6.